The van der Waals surface area contributed by atoms with Crippen molar-refractivity contribution in [2.75, 3.05) is 0 Å². The molecule has 0 radical (unpaired) electrons. The number of nitrogens with two attached hydrogens (primary N) is 1. The van der Waals surface area contributed by atoms with Crippen LogP contribution >= 0.6 is 0 Å². The van der Waals surface area contributed by atoms with Gasteiger partial charge in [0.05, 0.1) is 0 Å². The zero-order valence-corrected chi connectivity index (χ0v) is 3.55. The van der Waals surface area contributed by atoms with Crippen molar-refractivity contribution >= 4 is 6.47 Å². The molecule has 0 aromatic carbocycles. The fraction of sp³-hybridized carbons (Fsp3) is 0.667. The summed E-state index contributed by atoms with van der Waals surface area (Å²) < 4.78 is 4.14. The predicted molar refractivity (Wildman–Crippen MR) is 20.8 cm³/mol. The van der Waals surface area contributed by atoms with Crippen LogP contribution in [-0.2, 0) is 9.53 Å². The van der Waals surface area contributed by atoms with Gasteiger partial charge in [-0.1, -0.05) is 0 Å². The summed E-state index contributed by atoms with van der Waals surface area (Å²) in [5.74, 6) is 0. The van der Waals surface area contributed by atoms with Gasteiger partial charge in [-0.05, 0) is 6.92 Å². The summed E-state index contributed by atoms with van der Waals surface area (Å²) in [6, 6.07) is 0. The Bertz CT molecular complexity index is 44.1. The van der Waals surface area contributed by atoms with Gasteiger partial charge in [0.25, 0.3) is 6.47 Å². The van der Waals surface area contributed by atoms with Crippen LogP contribution in [0.25, 0.3) is 0 Å². The highest BCUT2D eigenvalue weighted by atomic mass is 16.5. The van der Waals surface area contributed by atoms with Crippen molar-refractivity contribution in [3.8, 4) is 0 Å². The molecule has 36 valence electrons. The van der Waals surface area contributed by atoms with Crippen molar-refractivity contribution in [2.24, 2.45) is 5.73 Å². The van der Waals surface area contributed by atoms with Gasteiger partial charge in [0.15, 0.2) is 0 Å². The highest BCUT2D eigenvalue weighted by molar-refractivity contribution is 5.37. The summed E-state index contributed by atoms with van der Waals surface area (Å²) in [5, 5.41) is 0. The summed E-state index contributed by atoms with van der Waals surface area (Å²) in [6.45, 7) is 1.90. The van der Waals surface area contributed by atoms with E-state index in [2.05, 4.69) is 4.74 Å². The Morgan fingerprint density at radius 1 is 2.00 bits per heavy atom. The van der Waals surface area contributed by atoms with Crippen LogP contribution in [0.5, 0.6) is 0 Å². The predicted octanol–water partition coefficient (Wildman–Crippen LogP) is -0.536. The molecule has 2 N–H and O–H groups in total. The molecule has 0 fully saturated rings. The Morgan fingerprint density at radius 3 is 2.50 bits per heavy atom. The maximum atomic E-state index is 9.31. The molecular formula is C3H7NO2. The normalized spacial score (nSPS) is 13.0. The molecule has 0 bridgehead atoms. The minimum atomic E-state index is -0.470. The SMILES string of the molecule is CC(N)OC=O. The number of rotatable bonds is 2. The van der Waals surface area contributed by atoms with Gasteiger partial charge in [0.2, 0.25) is 0 Å². The molecule has 0 aliphatic heterocycles. The summed E-state index contributed by atoms with van der Waals surface area (Å²) >= 11 is 0. The number of carbonyl (C=O) groups excluding carboxylic acids is 1. The molecule has 1 unspecified atom stereocenters. The van der Waals surface area contributed by atoms with Crippen molar-refractivity contribution in [3.63, 3.8) is 0 Å². The third kappa shape index (κ3) is 3.43. The monoisotopic (exact) mass is 89.0 g/mol. The van der Waals surface area contributed by atoms with Gasteiger partial charge in [-0.25, -0.2) is 0 Å². The molecule has 3 heteroatoms. The van der Waals surface area contributed by atoms with Gasteiger partial charge in [-0.2, -0.15) is 0 Å². The standard InChI is InChI=1S/C3H7NO2/c1-3(4)6-2-5/h2-3H,4H2,1H3. The Labute approximate surface area is 36.1 Å². The summed E-state index contributed by atoms with van der Waals surface area (Å²) in [6.07, 6.45) is -0.470. The smallest absolute Gasteiger partial charge is 0.294 e. The Morgan fingerprint density at radius 2 is 2.50 bits per heavy atom. The molecule has 3 nitrogen and oxygen atoms in total. The van der Waals surface area contributed by atoms with E-state index < -0.39 is 6.23 Å². The molecule has 0 saturated heterocycles. The first-order valence-electron chi connectivity index (χ1n) is 1.62. The lowest BCUT2D eigenvalue weighted by molar-refractivity contribution is -0.132. The molecule has 6 heavy (non-hydrogen) atoms. The van der Waals surface area contributed by atoms with Gasteiger partial charge in [-0.15, -0.1) is 0 Å². The Balaban J connectivity index is 2.81. The van der Waals surface area contributed by atoms with Crippen LogP contribution in [-0.4, -0.2) is 12.7 Å². The second-order valence-corrected chi connectivity index (χ2v) is 0.937. The molecule has 0 saturated carbocycles. The first-order chi connectivity index (χ1) is 2.77. The minimum Gasteiger partial charge on any atom is -0.449 e. The molecule has 0 aliphatic rings. The maximum absolute atomic E-state index is 9.31. The van der Waals surface area contributed by atoms with Crippen LogP contribution < -0.4 is 5.73 Å². The van der Waals surface area contributed by atoms with Crippen molar-refractivity contribution in [3.05, 3.63) is 0 Å². The summed E-state index contributed by atoms with van der Waals surface area (Å²) in [7, 11) is 0. The first-order valence-corrected chi connectivity index (χ1v) is 1.62. The molecule has 1 atom stereocenters. The highest BCUT2D eigenvalue weighted by Crippen LogP contribution is 1.68. The zero-order chi connectivity index (χ0) is 4.99. The molecule has 0 spiro atoms. The van der Waals surface area contributed by atoms with Gasteiger partial charge < -0.3 is 4.74 Å². The third-order valence-electron chi connectivity index (χ3n) is 0.270. The van der Waals surface area contributed by atoms with Gasteiger partial charge >= 0.3 is 0 Å². The number of ether oxygens (including phenoxy) is 1. The van der Waals surface area contributed by atoms with E-state index >= 15 is 0 Å². The van der Waals surface area contributed by atoms with E-state index in [1.54, 1.807) is 6.92 Å². The van der Waals surface area contributed by atoms with E-state index in [0.717, 1.165) is 0 Å². The van der Waals surface area contributed by atoms with E-state index in [1.807, 2.05) is 0 Å². The maximum Gasteiger partial charge on any atom is 0.294 e. The molecule has 0 aromatic heterocycles. The van der Waals surface area contributed by atoms with Crippen molar-refractivity contribution in [2.45, 2.75) is 13.2 Å². The quantitative estimate of drug-likeness (QED) is 0.365. The fourth-order valence-corrected chi connectivity index (χ4v) is 0.0876. The van der Waals surface area contributed by atoms with E-state index in [9.17, 15) is 4.79 Å². The van der Waals surface area contributed by atoms with Crippen LogP contribution in [0, 0.1) is 0 Å². The number of hydrogen-bond acceptors (Lipinski definition) is 3. The molecule has 0 rings (SSSR count). The average molecular weight is 89.1 g/mol. The number of hydrogen-bond donors (Lipinski definition) is 1. The zero-order valence-electron chi connectivity index (χ0n) is 3.55. The molecular weight excluding hydrogens is 82.0 g/mol. The van der Waals surface area contributed by atoms with Crippen LogP contribution in [0.15, 0.2) is 0 Å². The summed E-state index contributed by atoms with van der Waals surface area (Å²) in [5.41, 5.74) is 4.95. The first kappa shape index (κ1) is 5.43. The second-order valence-electron chi connectivity index (χ2n) is 0.937. The third-order valence-corrected chi connectivity index (χ3v) is 0.270. The van der Waals surface area contributed by atoms with Crippen molar-refractivity contribution < 1.29 is 9.53 Å². The lowest BCUT2D eigenvalue weighted by Crippen LogP contribution is -2.17. The van der Waals surface area contributed by atoms with E-state index in [-0.39, 0.29) is 0 Å². The number of carbonyl (C=O) groups is 1. The largest absolute Gasteiger partial charge is 0.449 e. The lowest BCUT2D eigenvalue weighted by atomic mass is 10.7. The van der Waals surface area contributed by atoms with Crippen LogP contribution in [0.2, 0.25) is 0 Å². The highest BCUT2D eigenvalue weighted by Gasteiger charge is 1.83. The Kier molecular flexibility index (Phi) is 2.40. The topological polar surface area (TPSA) is 52.3 Å². The second kappa shape index (κ2) is 2.66. The molecule has 0 heterocycles. The summed E-state index contributed by atoms with van der Waals surface area (Å²) in [4.78, 5) is 9.31. The van der Waals surface area contributed by atoms with E-state index in [0.29, 0.717) is 6.47 Å². The van der Waals surface area contributed by atoms with Crippen LogP contribution in [0.3, 0.4) is 0 Å². The minimum absolute atomic E-state index is 0.324. The van der Waals surface area contributed by atoms with E-state index in [1.165, 1.54) is 0 Å². The lowest BCUT2D eigenvalue weighted by Gasteiger charge is -1.96. The molecule has 0 amide bonds. The van der Waals surface area contributed by atoms with Gasteiger partial charge in [-0.3, -0.25) is 10.5 Å². The fourth-order valence-electron chi connectivity index (χ4n) is 0.0876. The molecule has 0 aliphatic carbocycles. The Hall–Kier alpha value is -0.570. The average Bonchev–Trinajstić information content (AvgIpc) is 1.35. The van der Waals surface area contributed by atoms with E-state index in [4.69, 9.17) is 5.73 Å². The van der Waals surface area contributed by atoms with Crippen LogP contribution in [0.4, 0.5) is 0 Å². The van der Waals surface area contributed by atoms with Gasteiger partial charge in [0.1, 0.15) is 6.23 Å². The van der Waals surface area contributed by atoms with Gasteiger partial charge in [0, 0.05) is 0 Å². The van der Waals surface area contributed by atoms with Crippen molar-refractivity contribution in [1.29, 1.82) is 0 Å². The van der Waals surface area contributed by atoms with Crippen LogP contribution in [0.1, 0.15) is 6.92 Å². The molecule has 0 aromatic rings. The van der Waals surface area contributed by atoms with Crippen molar-refractivity contribution in [1.82, 2.24) is 0 Å².